The first-order chi connectivity index (χ1) is 13.2. The number of rotatable bonds is 6. The van der Waals surface area contributed by atoms with Gasteiger partial charge in [-0.05, 0) is 36.2 Å². The predicted octanol–water partition coefficient (Wildman–Crippen LogP) is 4.55. The molecule has 0 N–H and O–H groups in total. The molecule has 4 nitrogen and oxygen atoms in total. The van der Waals surface area contributed by atoms with E-state index in [9.17, 15) is 9.59 Å². The van der Waals surface area contributed by atoms with Crippen LogP contribution in [0.15, 0.2) is 91.0 Å². The van der Waals surface area contributed by atoms with Crippen LogP contribution in [-0.2, 0) is 15.0 Å². The smallest absolute Gasteiger partial charge is 0.333 e. The molecule has 0 saturated carbocycles. The molecule has 0 fully saturated rings. The lowest BCUT2D eigenvalue weighted by atomic mass is 9.78. The Bertz CT molecular complexity index is 836. The van der Waals surface area contributed by atoms with Crippen molar-refractivity contribution in [3.63, 3.8) is 0 Å². The van der Waals surface area contributed by atoms with E-state index in [-0.39, 0.29) is 6.42 Å². The molecule has 0 aliphatic rings. The van der Waals surface area contributed by atoms with E-state index in [1.807, 2.05) is 18.2 Å². The predicted molar refractivity (Wildman–Crippen MR) is 103 cm³/mol. The van der Waals surface area contributed by atoms with Crippen molar-refractivity contribution in [2.75, 3.05) is 0 Å². The number of esters is 2. The third-order valence-electron chi connectivity index (χ3n) is 4.40. The van der Waals surface area contributed by atoms with Crippen LogP contribution < -0.4 is 9.47 Å². The van der Waals surface area contributed by atoms with E-state index in [1.165, 1.54) is 0 Å². The third-order valence-corrected chi connectivity index (χ3v) is 4.40. The summed E-state index contributed by atoms with van der Waals surface area (Å²) in [5.74, 6) is -0.570. The van der Waals surface area contributed by atoms with E-state index in [4.69, 9.17) is 9.47 Å². The Morgan fingerprint density at radius 2 is 1.04 bits per heavy atom. The second-order valence-corrected chi connectivity index (χ2v) is 6.03. The number of carbonyl (C=O) groups is 2. The maximum atomic E-state index is 13.2. The number of hydrogen-bond acceptors (Lipinski definition) is 4. The lowest BCUT2D eigenvalue weighted by Gasteiger charge is -2.28. The van der Waals surface area contributed by atoms with Crippen molar-refractivity contribution in [3.05, 3.63) is 96.6 Å². The first-order valence-corrected chi connectivity index (χ1v) is 8.77. The highest BCUT2D eigenvalue weighted by Gasteiger charge is 2.49. The van der Waals surface area contributed by atoms with Gasteiger partial charge in [-0.15, -0.1) is 0 Å². The van der Waals surface area contributed by atoms with Crippen LogP contribution in [0.1, 0.15) is 18.9 Å². The highest BCUT2D eigenvalue weighted by atomic mass is 16.6. The molecule has 0 atom stereocenters. The van der Waals surface area contributed by atoms with E-state index < -0.39 is 17.4 Å². The molecule has 0 spiro atoms. The molecule has 4 heteroatoms. The SMILES string of the molecule is CCC(C(=O)Oc1ccccc1)(C(=O)Oc1ccccc1)c1ccccc1. The molecular weight excluding hydrogens is 340 g/mol. The quantitative estimate of drug-likeness (QED) is 0.368. The van der Waals surface area contributed by atoms with Gasteiger partial charge in [0.25, 0.3) is 0 Å². The summed E-state index contributed by atoms with van der Waals surface area (Å²) in [6.45, 7) is 1.77. The van der Waals surface area contributed by atoms with E-state index >= 15 is 0 Å². The molecule has 0 bridgehead atoms. The molecule has 0 heterocycles. The van der Waals surface area contributed by atoms with Crippen LogP contribution in [0.2, 0.25) is 0 Å². The highest BCUT2D eigenvalue weighted by molar-refractivity contribution is 6.07. The average Bonchev–Trinajstić information content (AvgIpc) is 2.71. The summed E-state index contributed by atoms with van der Waals surface area (Å²) in [7, 11) is 0. The zero-order valence-corrected chi connectivity index (χ0v) is 15.0. The summed E-state index contributed by atoms with van der Waals surface area (Å²) in [6.07, 6.45) is 0.203. The van der Waals surface area contributed by atoms with Gasteiger partial charge >= 0.3 is 11.9 Å². The van der Waals surface area contributed by atoms with Crippen LogP contribution >= 0.6 is 0 Å². The Morgan fingerprint density at radius 3 is 1.41 bits per heavy atom. The van der Waals surface area contributed by atoms with Crippen LogP contribution in [-0.4, -0.2) is 11.9 Å². The van der Waals surface area contributed by atoms with Crippen LogP contribution in [0.25, 0.3) is 0 Å². The zero-order chi connectivity index (χ0) is 19.1. The summed E-state index contributed by atoms with van der Waals surface area (Å²) >= 11 is 0. The van der Waals surface area contributed by atoms with Gasteiger partial charge < -0.3 is 9.47 Å². The van der Waals surface area contributed by atoms with Crippen molar-refractivity contribution < 1.29 is 19.1 Å². The van der Waals surface area contributed by atoms with Gasteiger partial charge in [-0.2, -0.15) is 0 Å². The maximum Gasteiger partial charge on any atom is 0.333 e. The molecule has 0 amide bonds. The molecule has 0 aliphatic heterocycles. The van der Waals surface area contributed by atoms with Crippen LogP contribution in [0.3, 0.4) is 0 Å². The fourth-order valence-corrected chi connectivity index (χ4v) is 2.90. The maximum absolute atomic E-state index is 13.2. The van der Waals surface area contributed by atoms with E-state index in [2.05, 4.69) is 0 Å². The molecule has 0 radical (unpaired) electrons. The molecule has 0 aliphatic carbocycles. The number of hydrogen-bond donors (Lipinski definition) is 0. The normalized spacial score (nSPS) is 10.9. The van der Waals surface area contributed by atoms with Crippen molar-refractivity contribution in [1.82, 2.24) is 0 Å². The summed E-state index contributed by atoms with van der Waals surface area (Å²) in [6, 6.07) is 26.3. The van der Waals surface area contributed by atoms with Crippen molar-refractivity contribution in [2.45, 2.75) is 18.8 Å². The number of ether oxygens (including phenoxy) is 2. The average molecular weight is 360 g/mol. The Labute approximate surface area is 158 Å². The van der Waals surface area contributed by atoms with Gasteiger partial charge in [0.2, 0.25) is 0 Å². The standard InChI is InChI=1S/C23H20O4/c1-2-23(18-12-6-3-7-13-18,21(24)26-19-14-8-4-9-15-19)22(25)27-20-16-10-5-11-17-20/h3-17H,2H2,1H3. The monoisotopic (exact) mass is 360 g/mol. The second-order valence-electron chi connectivity index (χ2n) is 6.03. The van der Waals surface area contributed by atoms with Crippen LogP contribution in [0.5, 0.6) is 11.5 Å². The number of carbonyl (C=O) groups excluding carboxylic acids is 2. The van der Waals surface area contributed by atoms with Gasteiger partial charge in [0.05, 0.1) is 0 Å². The first-order valence-electron chi connectivity index (χ1n) is 8.77. The summed E-state index contributed by atoms with van der Waals surface area (Å²) < 4.78 is 11.1. The Balaban J connectivity index is 2.00. The van der Waals surface area contributed by atoms with Crippen LogP contribution in [0.4, 0.5) is 0 Å². The van der Waals surface area contributed by atoms with Gasteiger partial charge in [0.1, 0.15) is 11.5 Å². The number of para-hydroxylation sites is 2. The minimum absolute atomic E-state index is 0.203. The molecule has 136 valence electrons. The van der Waals surface area contributed by atoms with Gasteiger partial charge in [0.15, 0.2) is 5.41 Å². The van der Waals surface area contributed by atoms with Crippen molar-refractivity contribution in [3.8, 4) is 11.5 Å². The van der Waals surface area contributed by atoms with Crippen molar-refractivity contribution in [2.24, 2.45) is 0 Å². The van der Waals surface area contributed by atoms with Gasteiger partial charge in [-0.3, -0.25) is 9.59 Å². The van der Waals surface area contributed by atoms with Gasteiger partial charge in [-0.25, -0.2) is 0 Å². The fraction of sp³-hybridized carbons (Fsp3) is 0.130. The summed E-state index contributed by atoms with van der Waals surface area (Å²) in [4.78, 5) is 26.3. The first kappa shape index (κ1) is 18.4. The molecule has 3 rings (SSSR count). The van der Waals surface area contributed by atoms with Gasteiger partial charge in [0, 0.05) is 0 Å². The third kappa shape index (κ3) is 3.90. The molecule has 3 aromatic carbocycles. The zero-order valence-electron chi connectivity index (χ0n) is 15.0. The topological polar surface area (TPSA) is 52.6 Å². The fourth-order valence-electron chi connectivity index (χ4n) is 2.90. The lowest BCUT2D eigenvalue weighted by molar-refractivity contribution is -0.154. The Hall–Kier alpha value is -3.40. The molecule has 27 heavy (non-hydrogen) atoms. The summed E-state index contributed by atoms with van der Waals surface area (Å²) in [5, 5.41) is 0. The van der Waals surface area contributed by atoms with Crippen molar-refractivity contribution >= 4 is 11.9 Å². The van der Waals surface area contributed by atoms with Gasteiger partial charge in [-0.1, -0.05) is 73.7 Å². The lowest BCUT2D eigenvalue weighted by Crippen LogP contribution is -2.48. The highest BCUT2D eigenvalue weighted by Crippen LogP contribution is 2.32. The van der Waals surface area contributed by atoms with E-state index in [0.717, 1.165) is 0 Å². The van der Waals surface area contributed by atoms with E-state index in [0.29, 0.717) is 17.1 Å². The molecular formula is C23H20O4. The molecule has 0 saturated heterocycles. The van der Waals surface area contributed by atoms with Crippen LogP contribution in [0, 0.1) is 0 Å². The molecule has 0 unspecified atom stereocenters. The van der Waals surface area contributed by atoms with Crippen molar-refractivity contribution in [1.29, 1.82) is 0 Å². The second kappa shape index (κ2) is 8.32. The minimum Gasteiger partial charge on any atom is -0.425 e. The number of benzene rings is 3. The largest absolute Gasteiger partial charge is 0.425 e. The molecule has 3 aromatic rings. The minimum atomic E-state index is -1.56. The Kier molecular flexibility index (Phi) is 5.67. The Morgan fingerprint density at radius 1 is 0.667 bits per heavy atom. The van der Waals surface area contributed by atoms with E-state index in [1.54, 1.807) is 79.7 Å². The molecule has 0 aromatic heterocycles. The summed E-state index contributed by atoms with van der Waals surface area (Å²) in [5.41, 5.74) is -1.03.